The standard InChI is InChI=1S/C9H20ClN/c1-7(5-9(3)10)8(2)6-11-4/h7-9,11H,5-6H2,1-4H3/t7?,8?,9-/m0/s1. The number of hydrogen-bond acceptors (Lipinski definition) is 1. The fraction of sp³-hybridized carbons (Fsp3) is 1.00. The van der Waals surface area contributed by atoms with Crippen molar-refractivity contribution in [1.82, 2.24) is 5.32 Å². The van der Waals surface area contributed by atoms with E-state index < -0.39 is 0 Å². The molecule has 0 aromatic heterocycles. The van der Waals surface area contributed by atoms with Gasteiger partial charge < -0.3 is 5.32 Å². The zero-order chi connectivity index (χ0) is 8.85. The first-order valence-corrected chi connectivity index (χ1v) is 4.80. The summed E-state index contributed by atoms with van der Waals surface area (Å²) in [5.74, 6) is 1.44. The molecule has 0 aromatic carbocycles. The van der Waals surface area contributed by atoms with Crippen LogP contribution in [0.5, 0.6) is 0 Å². The van der Waals surface area contributed by atoms with Crippen LogP contribution in [0.15, 0.2) is 0 Å². The molecule has 1 N–H and O–H groups in total. The van der Waals surface area contributed by atoms with Crippen molar-refractivity contribution in [3.05, 3.63) is 0 Å². The Hall–Kier alpha value is 0.250. The maximum absolute atomic E-state index is 5.90. The van der Waals surface area contributed by atoms with Crippen LogP contribution in [0.1, 0.15) is 27.2 Å². The fourth-order valence-corrected chi connectivity index (χ4v) is 1.55. The van der Waals surface area contributed by atoms with E-state index in [1.165, 1.54) is 0 Å². The molecule has 68 valence electrons. The monoisotopic (exact) mass is 177 g/mol. The maximum Gasteiger partial charge on any atom is 0.0310 e. The smallest absolute Gasteiger partial charge is 0.0310 e. The lowest BCUT2D eigenvalue weighted by Gasteiger charge is -2.20. The number of rotatable bonds is 5. The molecule has 0 spiro atoms. The Morgan fingerprint density at radius 2 is 1.73 bits per heavy atom. The third-order valence-electron chi connectivity index (χ3n) is 2.19. The minimum Gasteiger partial charge on any atom is -0.319 e. The second-order valence-electron chi connectivity index (χ2n) is 3.53. The van der Waals surface area contributed by atoms with Crippen molar-refractivity contribution in [2.45, 2.75) is 32.6 Å². The van der Waals surface area contributed by atoms with Gasteiger partial charge in [0.05, 0.1) is 0 Å². The molecule has 0 aliphatic carbocycles. The summed E-state index contributed by atoms with van der Waals surface area (Å²) in [7, 11) is 1.99. The summed E-state index contributed by atoms with van der Waals surface area (Å²) >= 11 is 5.90. The molecule has 11 heavy (non-hydrogen) atoms. The van der Waals surface area contributed by atoms with E-state index in [0.717, 1.165) is 24.8 Å². The molecule has 2 unspecified atom stereocenters. The minimum atomic E-state index is 0.310. The van der Waals surface area contributed by atoms with E-state index in [-0.39, 0.29) is 0 Å². The van der Waals surface area contributed by atoms with Crippen molar-refractivity contribution in [2.75, 3.05) is 13.6 Å². The number of hydrogen-bond donors (Lipinski definition) is 1. The van der Waals surface area contributed by atoms with Crippen molar-refractivity contribution in [3.8, 4) is 0 Å². The second kappa shape index (κ2) is 5.84. The van der Waals surface area contributed by atoms with Gasteiger partial charge in [0, 0.05) is 5.38 Å². The third-order valence-corrected chi connectivity index (χ3v) is 2.37. The van der Waals surface area contributed by atoms with E-state index in [9.17, 15) is 0 Å². The molecule has 0 fully saturated rings. The van der Waals surface area contributed by atoms with Crippen LogP contribution in [0.4, 0.5) is 0 Å². The Bertz CT molecular complexity index is 93.6. The predicted octanol–water partition coefficient (Wildman–Crippen LogP) is 2.50. The molecule has 0 heterocycles. The summed E-state index contributed by atoms with van der Waals surface area (Å²) in [6.07, 6.45) is 1.12. The van der Waals surface area contributed by atoms with E-state index in [2.05, 4.69) is 26.1 Å². The molecule has 0 radical (unpaired) electrons. The fourth-order valence-electron chi connectivity index (χ4n) is 1.27. The number of halogens is 1. The summed E-state index contributed by atoms with van der Waals surface area (Å²) in [4.78, 5) is 0. The van der Waals surface area contributed by atoms with Gasteiger partial charge in [-0.15, -0.1) is 11.6 Å². The summed E-state index contributed by atoms with van der Waals surface area (Å²) < 4.78 is 0. The normalized spacial score (nSPS) is 19.4. The Balaban J connectivity index is 3.54. The Labute approximate surface area is 75.5 Å². The SMILES string of the molecule is CNCC(C)C(C)C[C@H](C)Cl. The van der Waals surface area contributed by atoms with E-state index in [4.69, 9.17) is 11.6 Å². The van der Waals surface area contributed by atoms with Gasteiger partial charge in [0.1, 0.15) is 0 Å². The van der Waals surface area contributed by atoms with Crippen molar-refractivity contribution in [1.29, 1.82) is 0 Å². The van der Waals surface area contributed by atoms with E-state index in [1.54, 1.807) is 0 Å². The molecule has 2 heteroatoms. The first kappa shape index (κ1) is 11.2. The lowest BCUT2D eigenvalue weighted by molar-refractivity contribution is 0.354. The van der Waals surface area contributed by atoms with E-state index in [0.29, 0.717) is 5.38 Å². The van der Waals surface area contributed by atoms with Crippen LogP contribution < -0.4 is 5.32 Å². The van der Waals surface area contributed by atoms with Crippen LogP contribution in [0, 0.1) is 11.8 Å². The zero-order valence-corrected chi connectivity index (χ0v) is 8.78. The molecular weight excluding hydrogens is 158 g/mol. The highest BCUT2D eigenvalue weighted by molar-refractivity contribution is 6.20. The Kier molecular flexibility index (Phi) is 5.98. The van der Waals surface area contributed by atoms with Gasteiger partial charge in [-0.3, -0.25) is 0 Å². The summed E-state index contributed by atoms with van der Waals surface area (Å²) in [6.45, 7) is 7.68. The van der Waals surface area contributed by atoms with Crippen LogP contribution in [0.3, 0.4) is 0 Å². The minimum absolute atomic E-state index is 0.310. The molecular formula is C9H20ClN. The van der Waals surface area contributed by atoms with Crippen molar-refractivity contribution < 1.29 is 0 Å². The van der Waals surface area contributed by atoms with E-state index in [1.807, 2.05) is 7.05 Å². The molecule has 3 atom stereocenters. The largest absolute Gasteiger partial charge is 0.319 e. The lowest BCUT2D eigenvalue weighted by atomic mass is 9.92. The van der Waals surface area contributed by atoms with Crippen LogP contribution in [-0.2, 0) is 0 Å². The van der Waals surface area contributed by atoms with Crippen LogP contribution >= 0.6 is 11.6 Å². The van der Waals surface area contributed by atoms with Crippen LogP contribution in [0.25, 0.3) is 0 Å². The molecule has 0 aliphatic heterocycles. The Morgan fingerprint density at radius 1 is 1.18 bits per heavy atom. The average molecular weight is 178 g/mol. The molecule has 0 amide bonds. The Morgan fingerprint density at radius 3 is 2.09 bits per heavy atom. The van der Waals surface area contributed by atoms with Gasteiger partial charge in [-0.25, -0.2) is 0 Å². The highest BCUT2D eigenvalue weighted by Crippen LogP contribution is 2.18. The lowest BCUT2D eigenvalue weighted by Crippen LogP contribution is -2.23. The molecule has 0 saturated carbocycles. The third kappa shape index (κ3) is 5.51. The molecule has 0 rings (SSSR count). The van der Waals surface area contributed by atoms with Crippen molar-refractivity contribution in [2.24, 2.45) is 11.8 Å². The molecule has 0 aromatic rings. The van der Waals surface area contributed by atoms with Crippen molar-refractivity contribution in [3.63, 3.8) is 0 Å². The summed E-state index contributed by atoms with van der Waals surface area (Å²) in [5.41, 5.74) is 0. The summed E-state index contributed by atoms with van der Waals surface area (Å²) in [6, 6.07) is 0. The van der Waals surface area contributed by atoms with Crippen LogP contribution in [-0.4, -0.2) is 19.0 Å². The van der Waals surface area contributed by atoms with Crippen LogP contribution in [0.2, 0.25) is 0 Å². The van der Waals surface area contributed by atoms with Crippen molar-refractivity contribution >= 4 is 11.6 Å². The van der Waals surface area contributed by atoms with Gasteiger partial charge in [0.25, 0.3) is 0 Å². The molecule has 0 aliphatic rings. The maximum atomic E-state index is 5.90. The van der Waals surface area contributed by atoms with Gasteiger partial charge in [0.2, 0.25) is 0 Å². The zero-order valence-electron chi connectivity index (χ0n) is 8.02. The van der Waals surface area contributed by atoms with Gasteiger partial charge in [-0.1, -0.05) is 13.8 Å². The first-order chi connectivity index (χ1) is 5.07. The number of alkyl halides is 1. The second-order valence-corrected chi connectivity index (χ2v) is 4.27. The predicted molar refractivity (Wildman–Crippen MR) is 52.2 cm³/mol. The van der Waals surface area contributed by atoms with E-state index >= 15 is 0 Å². The topological polar surface area (TPSA) is 12.0 Å². The number of nitrogens with one attached hydrogen (secondary N) is 1. The quantitative estimate of drug-likeness (QED) is 0.637. The van der Waals surface area contributed by atoms with Gasteiger partial charge in [-0.2, -0.15) is 0 Å². The average Bonchev–Trinajstić information content (AvgIpc) is 1.86. The first-order valence-electron chi connectivity index (χ1n) is 4.36. The highest BCUT2D eigenvalue weighted by atomic mass is 35.5. The molecule has 0 saturated heterocycles. The highest BCUT2D eigenvalue weighted by Gasteiger charge is 2.12. The molecule has 1 nitrogen and oxygen atoms in total. The van der Waals surface area contributed by atoms with Gasteiger partial charge in [0.15, 0.2) is 0 Å². The van der Waals surface area contributed by atoms with Gasteiger partial charge >= 0.3 is 0 Å². The summed E-state index contributed by atoms with van der Waals surface area (Å²) in [5, 5.41) is 3.49. The van der Waals surface area contributed by atoms with Gasteiger partial charge in [-0.05, 0) is 38.8 Å². The molecule has 0 bridgehead atoms.